The van der Waals surface area contributed by atoms with Crippen LogP contribution >= 0.6 is 0 Å². The Bertz CT molecular complexity index is 313. The zero-order chi connectivity index (χ0) is 9.30. The van der Waals surface area contributed by atoms with Gasteiger partial charge in [-0.05, 0) is 48.2 Å². The van der Waals surface area contributed by atoms with Gasteiger partial charge in [-0.15, -0.1) is 0 Å². The van der Waals surface area contributed by atoms with Gasteiger partial charge in [0.25, 0.3) is 0 Å². The second-order valence-corrected chi connectivity index (χ2v) is 3.48. The topological polar surface area (TPSA) is 40.1 Å². The lowest BCUT2D eigenvalue weighted by molar-refractivity contribution is 0.535. The highest BCUT2D eigenvalue weighted by atomic mass is 32.2. The van der Waals surface area contributed by atoms with E-state index in [0.717, 1.165) is 0 Å². The van der Waals surface area contributed by atoms with Crippen molar-refractivity contribution in [1.82, 2.24) is 0 Å². The van der Waals surface area contributed by atoms with Crippen molar-refractivity contribution in [2.75, 3.05) is 0 Å². The van der Waals surface area contributed by atoms with Gasteiger partial charge in [0.1, 0.15) is 5.82 Å². The maximum absolute atomic E-state index is 12.7. The maximum Gasteiger partial charge on any atom is 0.123 e. The van der Waals surface area contributed by atoms with Gasteiger partial charge in [0, 0.05) is 4.90 Å². The third-order valence-electron chi connectivity index (χ3n) is 1.59. The van der Waals surface area contributed by atoms with Gasteiger partial charge >= 0.3 is 0 Å². The molecule has 0 radical (unpaired) electrons. The van der Waals surface area contributed by atoms with Crippen LogP contribution in [0.2, 0.25) is 0 Å². The fourth-order valence-electron chi connectivity index (χ4n) is 1.16. The Morgan fingerprint density at radius 2 is 1.75 bits per heavy atom. The highest BCUT2D eigenvalue weighted by molar-refractivity contribution is 7.79. The lowest BCUT2D eigenvalue weighted by Gasteiger charge is -2.11. The predicted molar refractivity (Wildman–Crippen MR) is 43.1 cm³/mol. The Labute approximate surface area is 72.7 Å². The van der Waals surface area contributed by atoms with Crippen LogP contribution in [0.5, 0.6) is 0 Å². The molecule has 12 heavy (non-hydrogen) atoms. The van der Waals surface area contributed by atoms with Gasteiger partial charge in [-0.3, -0.25) is 4.21 Å². The number of hydrogen-bond donors (Lipinski definition) is 0. The average Bonchev–Trinajstić information content (AvgIpc) is 1.82. The smallest absolute Gasteiger partial charge is 0.123 e. The summed E-state index contributed by atoms with van der Waals surface area (Å²) in [7, 11) is 0. The summed E-state index contributed by atoms with van der Waals surface area (Å²) in [6, 6.07) is 2.41. The standard InChI is InChI=1S/C8H9FO2S/c1-5-3-7(9)4-6(2)8(5)12(10)11/h3-4H,1-2H3,(H,10,11)/p-1. The Hall–Kier alpha value is -0.740. The number of hydrogen-bond acceptors (Lipinski definition) is 2. The van der Waals surface area contributed by atoms with Gasteiger partial charge in [0.05, 0.1) is 0 Å². The SMILES string of the molecule is Cc1cc(F)cc(C)c1S(=O)[O-]. The van der Waals surface area contributed by atoms with Crippen molar-refractivity contribution in [1.29, 1.82) is 0 Å². The molecule has 0 N–H and O–H groups in total. The molecule has 4 heteroatoms. The van der Waals surface area contributed by atoms with E-state index in [4.69, 9.17) is 0 Å². The minimum atomic E-state index is -2.28. The first-order chi connectivity index (χ1) is 5.52. The van der Waals surface area contributed by atoms with Crippen molar-refractivity contribution in [3.63, 3.8) is 0 Å². The van der Waals surface area contributed by atoms with Crippen LogP contribution in [0.3, 0.4) is 0 Å². The van der Waals surface area contributed by atoms with Crippen LogP contribution in [0.15, 0.2) is 17.0 Å². The largest absolute Gasteiger partial charge is 0.768 e. The molecule has 1 aromatic carbocycles. The van der Waals surface area contributed by atoms with Gasteiger partial charge in [0.15, 0.2) is 0 Å². The van der Waals surface area contributed by atoms with Crippen molar-refractivity contribution in [3.8, 4) is 0 Å². The molecule has 2 nitrogen and oxygen atoms in total. The molecule has 0 saturated carbocycles. The third-order valence-corrected chi connectivity index (χ3v) is 2.57. The molecular weight excluding hydrogens is 179 g/mol. The van der Waals surface area contributed by atoms with Crippen LogP contribution in [0.4, 0.5) is 4.39 Å². The molecule has 66 valence electrons. The molecule has 0 fully saturated rings. The Morgan fingerprint density at radius 3 is 2.08 bits per heavy atom. The summed E-state index contributed by atoms with van der Waals surface area (Å²) in [6.45, 7) is 3.14. The minimum absolute atomic E-state index is 0.191. The monoisotopic (exact) mass is 187 g/mol. The van der Waals surface area contributed by atoms with Crippen LogP contribution in [0, 0.1) is 19.7 Å². The first kappa shape index (κ1) is 9.35. The third kappa shape index (κ3) is 1.70. The van der Waals surface area contributed by atoms with Crippen molar-refractivity contribution >= 4 is 11.1 Å². The van der Waals surface area contributed by atoms with Gasteiger partial charge in [-0.2, -0.15) is 0 Å². The molecule has 0 spiro atoms. The summed E-state index contributed by atoms with van der Waals surface area (Å²) in [4.78, 5) is 0.191. The van der Waals surface area contributed by atoms with Crippen molar-refractivity contribution in [3.05, 3.63) is 29.1 Å². The van der Waals surface area contributed by atoms with Gasteiger partial charge in [-0.1, -0.05) is 0 Å². The van der Waals surface area contributed by atoms with E-state index in [2.05, 4.69) is 0 Å². The van der Waals surface area contributed by atoms with E-state index in [1.807, 2.05) is 0 Å². The zero-order valence-corrected chi connectivity index (χ0v) is 7.57. The lowest BCUT2D eigenvalue weighted by Crippen LogP contribution is -1.97. The molecule has 0 bridgehead atoms. The van der Waals surface area contributed by atoms with E-state index >= 15 is 0 Å². The molecule has 0 saturated heterocycles. The highest BCUT2D eigenvalue weighted by Crippen LogP contribution is 2.18. The average molecular weight is 187 g/mol. The predicted octanol–water partition coefficient (Wildman–Crippen LogP) is 1.68. The molecule has 1 rings (SSSR count). The molecule has 0 amide bonds. The second kappa shape index (κ2) is 3.33. The second-order valence-electron chi connectivity index (χ2n) is 2.60. The Balaban J connectivity index is 3.38. The summed E-state index contributed by atoms with van der Waals surface area (Å²) >= 11 is -2.28. The van der Waals surface area contributed by atoms with Crippen LogP contribution in [-0.4, -0.2) is 8.76 Å². The van der Waals surface area contributed by atoms with E-state index in [-0.39, 0.29) is 4.90 Å². The summed E-state index contributed by atoms with van der Waals surface area (Å²) < 4.78 is 33.9. The van der Waals surface area contributed by atoms with Gasteiger partial charge in [-0.25, -0.2) is 4.39 Å². The summed E-state index contributed by atoms with van der Waals surface area (Å²) in [5.74, 6) is -0.404. The normalized spacial score (nSPS) is 13.0. The minimum Gasteiger partial charge on any atom is -0.768 e. The maximum atomic E-state index is 12.7. The fourth-order valence-corrected chi connectivity index (χ4v) is 1.80. The van der Waals surface area contributed by atoms with Crippen molar-refractivity contribution in [2.45, 2.75) is 18.7 Å². The van der Waals surface area contributed by atoms with E-state index in [1.54, 1.807) is 13.8 Å². The number of benzene rings is 1. The van der Waals surface area contributed by atoms with E-state index in [9.17, 15) is 13.2 Å². The summed E-state index contributed by atoms with van der Waals surface area (Å²) in [6.07, 6.45) is 0. The van der Waals surface area contributed by atoms with Crippen LogP contribution < -0.4 is 0 Å². The summed E-state index contributed by atoms with van der Waals surface area (Å²) in [5.41, 5.74) is 0.890. The molecular formula is C8H8FO2S-. The van der Waals surface area contributed by atoms with Gasteiger partial charge in [0.2, 0.25) is 0 Å². The Kier molecular flexibility index (Phi) is 2.59. The number of aryl methyl sites for hydroxylation is 2. The molecule has 0 aliphatic heterocycles. The molecule has 0 aliphatic rings. The fraction of sp³-hybridized carbons (Fsp3) is 0.250. The van der Waals surface area contributed by atoms with E-state index in [1.165, 1.54) is 12.1 Å². The molecule has 0 aromatic heterocycles. The lowest BCUT2D eigenvalue weighted by atomic mass is 10.1. The highest BCUT2D eigenvalue weighted by Gasteiger charge is 2.04. The van der Waals surface area contributed by atoms with Crippen LogP contribution in [-0.2, 0) is 11.1 Å². The first-order valence-corrected chi connectivity index (χ1v) is 4.46. The molecule has 0 heterocycles. The summed E-state index contributed by atoms with van der Waals surface area (Å²) in [5, 5.41) is 0. The molecule has 1 aromatic rings. The van der Waals surface area contributed by atoms with Crippen molar-refractivity contribution in [2.24, 2.45) is 0 Å². The molecule has 1 unspecified atom stereocenters. The molecule has 0 aliphatic carbocycles. The van der Waals surface area contributed by atoms with Crippen molar-refractivity contribution < 1.29 is 13.2 Å². The number of halogens is 1. The van der Waals surface area contributed by atoms with Crippen LogP contribution in [0.1, 0.15) is 11.1 Å². The molecule has 1 atom stereocenters. The quantitative estimate of drug-likeness (QED) is 0.627. The van der Waals surface area contributed by atoms with Gasteiger partial charge < -0.3 is 4.55 Å². The van der Waals surface area contributed by atoms with E-state index in [0.29, 0.717) is 11.1 Å². The zero-order valence-electron chi connectivity index (χ0n) is 6.76. The van der Waals surface area contributed by atoms with Crippen LogP contribution in [0.25, 0.3) is 0 Å². The Morgan fingerprint density at radius 1 is 1.33 bits per heavy atom. The first-order valence-electron chi connectivity index (χ1n) is 3.38. The van der Waals surface area contributed by atoms with E-state index < -0.39 is 16.9 Å². The number of rotatable bonds is 1.